The number of carboxylic acids is 2. The molecule has 0 aliphatic heterocycles. The molecule has 1 amide bonds. The van der Waals surface area contributed by atoms with Crippen LogP contribution >= 0.6 is 0 Å². The molecule has 1 saturated carbocycles. The van der Waals surface area contributed by atoms with Gasteiger partial charge in [-0.2, -0.15) is 0 Å². The zero-order valence-electron chi connectivity index (χ0n) is 11.6. The molecular weight excluding hydrogens is 292 g/mol. The van der Waals surface area contributed by atoms with Gasteiger partial charge in [0.15, 0.2) is 0 Å². The van der Waals surface area contributed by atoms with Crippen molar-refractivity contribution in [2.75, 3.05) is 6.54 Å². The van der Waals surface area contributed by atoms with Crippen molar-refractivity contribution in [1.29, 1.82) is 0 Å². The Hall–Kier alpha value is -2.61. The largest absolute Gasteiger partial charge is 0.481 e. The molecule has 3 atom stereocenters. The summed E-state index contributed by atoms with van der Waals surface area (Å²) in [7, 11) is 0. The van der Waals surface area contributed by atoms with Crippen LogP contribution in [0.2, 0.25) is 0 Å². The second-order valence-corrected chi connectivity index (χ2v) is 5.11. The standard InChI is InChI=1S/C14H16N2O6/c15-13(21)22-11(8-4-2-1-3-5-8)14(16-7-10(17)18)6-9(14)12(19)20/h1-5,9,11,16H,6-7H2,(H2,15,21)(H,17,18)(H,19,20). The van der Waals surface area contributed by atoms with E-state index in [1.54, 1.807) is 30.3 Å². The zero-order chi connectivity index (χ0) is 16.3. The number of carbonyl (C=O) groups is 3. The highest BCUT2D eigenvalue weighted by atomic mass is 16.6. The smallest absolute Gasteiger partial charge is 0.405 e. The van der Waals surface area contributed by atoms with Gasteiger partial charge in [-0.15, -0.1) is 0 Å². The van der Waals surface area contributed by atoms with Crippen molar-refractivity contribution in [3.8, 4) is 0 Å². The fourth-order valence-electron chi connectivity index (χ4n) is 2.62. The number of hydrogen-bond donors (Lipinski definition) is 4. The summed E-state index contributed by atoms with van der Waals surface area (Å²) in [6.45, 7) is -0.449. The third-order valence-electron chi connectivity index (χ3n) is 3.67. The third-order valence-corrected chi connectivity index (χ3v) is 3.67. The Bertz CT molecular complexity index is 590. The summed E-state index contributed by atoms with van der Waals surface area (Å²) in [5.74, 6) is -3.09. The number of carboxylic acid groups (broad SMARTS) is 2. The number of nitrogens with two attached hydrogens (primary N) is 1. The van der Waals surface area contributed by atoms with E-state index >= 15 is 0 Å². The second kappa shape index (κ2) is 6.02. The SMILES string of the molecule is NC(=O)OC(c1ccccc1)C1(NCC(=O)O)CC1C(=O)O. The summed E-state index contributed by atoms with van der Waals surface area (Å²) < 4.78 is 5.10. The molecule has 22 heavy (non-hydrogen) atoms. The molecule has 3 unspecified atom stereocenters. The Balaban J connectivity index is 2.34. The normalized spacial score (nSPS) is 24.3. The Morgan fingerprint density at radius 1 is 1.32 bits per heavy atom. The van der Waals surface area contributed by atoms with E-state index in [0.717, 1.165) is 0 Å². The van der Waals surface area contributed by atoms with Gasteiger partial charge in [-0.05, 0) is 12.0 Å². The summed E-state index contributed by atoms with van der Waals surface area (Å²) >= 11 is 0. The number of primary amides is 1. The highest BCUT2D eigenvalue weighted by Gasteiger charge is 2.65. The molecule has 0 radical (unpaired) electrons. The first-order chi connectivity index (χ1) is 10.4. The van der Waals surface area contributed by atoms with E-state index in [9.17, 15) is 19.5 Å². The van der Waals surface area contributed by atoms with E-state index in [4.69, 9.17) is 15.6 Å². The van der Waals surface area contributed by atoms with Crippen molar-refractivity contribution in [3.05, 3.63) is 35.9 Å². The fourth-order valence-corrected chi connectivity index (χ4v) is 2.62. The number of nitrogens with one attached hydrogen (secondary N) is 1. The number of rotatable bonds is 7. The van der Waals surface area contributed by atoms with Crippen molar-refractivity contribution >= 4 is 18.0 Å². The lowest BCUT2D eigenvalue weighted by Gasteiger charge is -2.28. The van der Waals surface area contributed by atoms with Gasteiger partial charge in [-0.25, -0.2) is 4.79 Å². The highest BCUT2D eigenvalue weighted by Crippen LogP contribution is 2.53. The molecule has 0 heterocycles. The van der Waals surface area contributed by atoms with Gasteiger partial charge in [0.05, 0.1) is 18.0 Å². The highest BCUT2D eigenvalue weighted by molar-refractivity contribution is 5.78. The van der Waals surface area contributed by atoms with Crippen LogP contribution in [0.15, 0.2) is 30.3 Å². The van der Waals surface area contributed by atoms with Crippen molar-refractivity contribution in [1.82, 2.24) is 5.32 Å². The summed E-state index contributed by atoms with van der Waals surface area (Å²) in [6.07, 6.45) is -1.89. The molecule has 1 fully saturated rings. The summed E-state index contributed by atoms with van der Waals surface area (Å²) in [5, 5.41) is 20.7. The Labute approximate surface area is 125 Å². The molecule has 1 aromatic rings. The molecule has 1 aliphatic carbocycles. The van der Waals surface area contributed by atoms with E-state index in [-0.39, 0.29) is 6.42 Å². The van der Waals surface area contributed by atoms with Crippen molar-refractivity contribution in [2.45, 2.75) is 18.1 Å². The Morgan fingerprint density at radius 2 is 1.95 bits per heavy atom. The minimum absolute atomic E-state index is 0.141. The minimum Gasteiger partial charge on any atom is -0.481 e. The lowest BCUT2D eigenvalue weighted by molar-refractivity contribution is -0.141. The van der Waals surface area contributed by atoms with Gasteiger partial charge >= 0.3 is 18.0 Å². The number of amides is 1. The van der Waals surface area contributed by atoms with Gasteiger partial charge in [0.1, 0.15) is 6.10 Å². The molecule has 8 nitrogen and oxygen atoms in total. The van der Waals surface area contributed by atoms with Gasteiger partial charge in [0.25, 0.3) is 0 Å². The van der Waals surface area contributed by atoms with Gasteiger partial charge < -0.3 is 20.7 Å². The maximum Gasteiger partial charge on any atom is 0.405 e. The van der Waals surface area contributed by atoms with E-state index < -0.39 is 42.1 Å². The predicted molar refractivity (Wildman–Crippen MR) is 74.0 cm³/mol. The van der Waals surface area contributed by atoms with E-state index in [0.29, 0.717) is 5.56 Å². The number of ether oxygens (including phenoxy) is 1. The molecular formula is C14H16N2O6. The van der Waals surface area contributed by atoms with Crippen LogP contribution in [-0.2, 0) is 14.3 Å². The van der Waals surface area contributed by atoms with Crippen LogP contribution in [0.3, 0.4) is 0 Å². The van der Waals surface area contributed by atoms with Crippen molar-refractivity contribution in [2.24, 2.45) is 11.7 Å². The van der Waals surface area contributed by atoms with Crippen LogP contribution in [-0.4, -0.2) is 40.3 Å². The first kappa shape index (κ1) is 15.8. The molecule has 5 N–H and O–H groups in total. The average molecular weight is 308 g/mol. The Kier molecular flexibility index (Phi) is 4.32. The van der Waals surface area contributed by atoms with Gasteiger partial charge in [-0.3, -0.25) is 14.9 Å². The van der Waals surface area contributed by atoms with Crippen molar-refractivity contribution in [3.63, 3.8) is 0 Å². The summed E-state index contributed by atoms with van der Waals surface area (Å²) in [4.78, 5) is 33.3. The summed E-state index contributed by atoms with van der Waals surface area (Å²) in [5.41, 5.74) is 4.44. The minimum atomic E-state index is -1.18. The Morgan fingerprint density at radius 3 is 2.41 bits per heavy atom. The molecule has 118 valence electrons. The van der Waals surface area contributed by atoms with E-state index in [1.807, 2.05) is 0 Å². The first-order valence-electron chi connectivity index (χ1n) is 6.57. The van der Waals surface area contributed by atoms with Gasteiger partial charge in [0.2, 0.25) is 0 Å². The number of hydrogen-bond acceptors (Lipinski definition) is 5. The lowest BCUT2D eigenvalue weighted by atomic mass is 9.97. The average Bonchev–Trinajstić information content (AvgIpc) is 3.19. The number of aliphatic carboxylic acids is 2. The summed E-state index contributed by atoms with van der Waals surface area (Å²) in [6, 6.07) is 8.49. The van der Waals surface area contributed by atoms with Crippen LogP contribution in [0.1, 0.15) is 18.1 Å². The maximum atomic E-state index is 11.3. The quantitative estimate of drug-likeness (QED) is 0.569. The second-order valence-electron chi connectivity index (χ2n) is 5.11. The van der Waals surface area contributed by atoms with Crippen LogP contribution < -0.4 is 11.1 Å². The van der Waals surface area contributed by atoms with Crippen LogP contribution in [0, 0.1) is 5.92 Å². The first-order valence-corrected chi connectivity index (χ1v) is 6.57. The topological polar surface area (TPSA) is 139 Å². The zero-order valence-corrected chi connectivity index (χ0v) is 11.6. The molecule has 0 spiro atoms. The van der Waals surface area contributed by atoms with E-state index in [1.165, 1.54) is 0 Å². The molecule has 1 aliphatic rings. The van der Waals surface area contributed by atoms with Crippen LogP contribution in [0.25, 0.3) is 0 Å². The lowest BCUT2D eigenvalue weighted by Crippen LogP contribution is -2.45. The molecule has 0 saturated heterocycles. The van der Waals surface area contributed by atoms with Crippen LogP contribution in [0.5, 0.6) is 0 Å². The van der Waals surface area contributed by atoms with Crippen LogP contribution in [0.4, 0.5) is 4.79 Å². The predicted octanol–water partition coefficient (Wildman–Crippen LogP) is 0.340. The molecule has 2 rings (SSSR count). The molecule has 0 aromatic heterocycles. The fraction of sp³-hybridized carbons (Fsp3) is 0.357. The molecule has 1 aromatic carbocycles. The maximum absolute atomic E-state index is 11.3. The number of carbonyl (C=O) groups excluding carboxylic acids is 1. The van der Waals surface area contributed by atoms with Gasteiger partial charge in [0, 0.05) is 0 Å². The van der Waals surface area contributed by atoms with Crippen molar-refractivity contribution < 1.29 is 29.3 Å². The number of benzene rings is 1. The van der Waals surface area contributed by atoms with E-state index in [2.05, 4.69) is 5.32 Å². The molecule has 0 bridgehead atoms. The molecule has 8 heteroatoms. The monoisotopic (exact) mass is 308 g/mol. The third kappa shape index (κ3) is 3.17. The van der Waals surface area contributed by atoms with Gasteiger partial charge in [-0.1, -0.05) is 30.3 Å².